The molecule has 0 bridgehead atoms. The number of carboxylic acid groups (broad SMARTS) is 1. The van der Waals surface area contributed by atoms with E-state index in [-0.39, 0.29) is 30.9 Å². The first-order valence-corrected chi connectivity index (χ1v) is 8.09. The highest BCUT2D eigenvalue weighted by Crippen LogP contribution is 2.18. The van der Waals surface area contributed by atoms with E-state index in [9.17, 15) is 4.79 Å². The lowest BCUT2D eigenvalue weighted by Crippen LogP contribution is -2.37. The van der Waals surface area contributed by atoms with Gasteiger partial charge >= 0.3 is 5.97 Å². The third-order valence-electron chi connectivity index (χ3n) is 4.20. The summed E-state index contributed by atoms with van der Waals surface area (Å²) in [6.45, 7) is 5.64. The van der Waals surface area contributed by atoms with Gasteiger partial charge in [-0.25, -0.2) is 4.98 Å². The summed E-state index contributed by atoms with van der Waals surface area (Å²) in [6.07, 6.45) is 1.38. The molecule has 0 aliphatic carbocycles. The molecule has 2 aliphatic rings. The molecule has 2 fully saturated rings. The number of nitrogens with zero attached hydrogens (tertiary/aromatic N) is 3. The first-order valence-electron chi connectivity index (χ1n) is 8.09. The minimum Gasteiger partial charge on any atom is -0.480 e. The van der Waals surface area contributed by atoms with Crippen molar-refractivity contribution in [1.82, 2.24) is 15.3 Å². The maximum atomic E-state index is 11.0. The number of carbonyl (C=O) groups is 1. The molecule has 2 atom stereocenters. The van der Waals surface area contributed by atoms with Crippen molar-refractivity contribution in [2.24, 2.45) is 0 Å². The Bertz CT molecular complexity index is 572. The first-order chi connectivity index (χ1) is 11.2. The van der Waals surface area contributed by atoms with E-state index < -0.39 is 12.0 Å². The summed E-state index contributed by atoms with van der Waals surface area (Å²) >= 11 is 0. The molecule has 0 spiro atoms. The Labute approximate surface area is 159 Å². The quantitative estimate of drug-likeness (QED) is 0.679. The molecule has 10 heteroatoms. The van der Waals surface area contributed by atoms with Crippen LogP contribution in [0, 0.1) is 0 Å². The van der Waals surface area contributed by atoms with E-state index in [0.717, 1.165) is 37.0 Å². The molecule has 25 heavy (non-hydrogen) atoms. The number of aryl methyl sites for hydroxylation is 1. The monoisotopic (exact) mass is 393 g/mol. The molecule has 2 saturated heterocycles. The molecule has 2 aliphatic heterocycles. The number of morpholine rings is 1. The van der Waals surface area contributed by atoms with Crippen molar-refractivity contribution in [2.75, 3.05) is 43.1 Å². The van der Waals surface area contributed by atoms with Crippen molar-refractivity contribution in [1.29, 1.82) is 0 Å². The first kappa shape index (κ1) is 21.7. The predicted molar refractivity (Wildman–Crippen MR) is 100 cm³/mol. The largest absolute Gasteiger partial charge is 0.480 e. The van der Waals surface area contributed by atoms with E-state index in [2.05, 4.69) is 32.4 Å². The number of aliphatic carboxylic acids is 1. The zero-order valence-electron chi connectivity index (χ0n) is 14.1. The second kappa shape index (κ2) is 9.96. The van der Waals surface area contributed by atoms with Gasteiger partial charge in [0.1, 0.15) is 11.9 Å². The van der Waals surface area contributed by atoms with Crippen LogP contribution in [0.1, 0.15) is 19.0 Å². The van der Waals surface area contributed by atoms with Gasteiger partial charge in [-0.1, -0.05) is 6.92 Å². The Morgan fingerprint density at radius 3 is 2.72 bits per heavy atom. The molecule has 3 heterocycles. The average molecular weight is 394 g/mol. The number of nitrogens with one attached hydrogen (secondary N) is 2. The van der Waals surface area contributed by atoms with Gasteiger partial charge in [-0.15, -0.1) is 24.8 Å². The summed E-state index contributed by atoms with van der Waals surface area (Å²) in [5.41, 5.74) is 0.977. The lowest BCUT2D eigenvalue weighted by Gasteiger charge is -2.27. The van der Waals surface area contributed by atoms with E-state index in [0.29, 0.717) is 26.2 Å². The second-order valence-electron chi connectivity index (χ2n) is 5.87. The van der Waals surface area contributed by atoms with Crippen LogP contribution in [-0.2, 0) is 16.0 Å². The van der Waals surface area contributed by atoms with Gasteiger partial charge in [0.05, 0.1) is 13.2 Å². The molecule has 1 aromatic heterocycles. The van der Waals surface area contributed by atoms with Crippen LogP contribution in [0.15, 0.2) is 6.07 Å². The van der Waals surface area contributed by atoms with Crippen LogP contribution < -0.4 is 15.5 Å². The van der Waals surface area contributed by atoms with Crippen LogP contribution >= 0.6 is 24.8 Å². The number of rotatable bonds is 5. The third-order valence-corrected chi connectivity index (χ3v) is 4.20. The fourth-order valence-corrected chi connectivity index (χ4v) is 2.89. The number of hydrogen-bond acceptors (Lipinski definition) is 7. The van der Waals surface area contributed by atoms with E-state index in [1.165, 1.54) is 0 Å². The third kappa shape index (κ3) is 5.57. The van der Waals surface area contributed by atoms with E-state index in [1.807, 2.05) is 6.07 Å². The Hall–Kier alpha value is -1.35. The maximum absolute atomic E-state index is 11.0. The summed E-state index contributed by atoms with van der Waals surface area (Å²) in [7, 11) is 0. The molecule has 0 aromatic carbocycles. The van der Waals surface area contributed by atoms with Gasteiger partial charge in [-0.05, 0) is 12.8 Å². The number of anilines is 2. The summed E-state index contributed by atoms with van der Waals surface area (Å²) < 4.78 is 5.37. The molecule has 0 unspecified atom stereocenters. The maximum Gasteiger partial charge on any atom is 0.320 e. The summed E-state index contributed by atoms with van der Waals surface area (Å²) in [6, 6.07) is 1.52. The van der Waals surface area contributed by atoms with Crippen LogP contribution in [0.2, 0.25) is 0 Å². The topological polar surface area (TPSA) is 99.6 Å². The Morgan fingerprint density at radius 1 is 1.40 bits per heavy atom. The summed E-state index contributed by atoms with van der Waals surface area (Å²) in [5, 5.41) is 15.4. The summed E-state index contributed by atoms with van der Waals surface area (Å²) in [5.74, 6) is 0.673. The zero-order valence-corrected chi connectivity index (χ0v) is 15.7. The molecule has 8 nitrogen and oxygen atoms in total. The van der Waals surface area contributed by atoms with E-state index in [1.54, 1.807) is 0 Å². The van der Waals surface area contributed by atoms with Gasteiger partial charge in [-0.3, -0.25) is 4.79 Å². The summed E-state index contributed by atoms with van der Waals surface area (Å²) in [4.78, 5) is 22.4. The Morgan fingerprint density at radius 2 is 2.12 bits per heavy atom. The van der Waals surface area contributed by atoms with Gasteiger partial charge in [-0.2, -0.15) is 4.98 Å². The molecule has 3 N–H and O–H groups in total. The molecule has 142 valence electrons. The van der Waals surface area contributed by atoms with E-state index >= 15 is 0 Å². The lowest BCUT2D eigenvalue weighted by molar-refractivity contribution is -0.139. The smallest absolute Gasteiger partial charge is 0.320 e. The average Bonchev–Trinajstić information content (AvgIpc) is 3.04. The van der Waals surface area contributed by atoms with Gasteiger partial charge in [0.2, 0.25) is 5.95 Å². The molecule has 0 amide bonds. The SMILES string of the molecule is CCc1cc(N[C@@H]2CN[C@H](C(=O)O)C2)nc(N2CCOCC2)n1.Cl.Cl. The van der Waals surface area contributed by atoms with Crippen molar-refractivity contribution < 1.29 is 14.6 Å². The van der Waals surface area contributed by atoms with Crippen LogP contribution in [0.25, 0.3) is 0 Å². The van der Waals surface area contributed by atoms with Crippen molar-refractivity contribution in [3.05, 3.63) is 11.8 Å². The lowest BCUT2D eigenvalue weighted by atomic mass is 10.2. The normalized spacial score (nSPS) is 22.7. The highest BCUT2D eigenvalue weighted by Gasteiger charge is 2.29. The molecule has 0 saturated carbocycles. The second-order valence-corrected chi connectivity index (χ2v) is 5.87. The van der Waals surface area contributed by atoms with Crippen molar-refractivity contribution >= 4 is 42.5 Å². The Balaban J connectivity index is 0.00000156. The van der Waals surface area contributed by atoms with Gasteiger partial charge in [0.15, 0.2) is 0 Å². The molecule has 0 radical (unpaired) electrons. The molecule has 1 aromatic rings. The van der Waals surface area contributed by atoms with Crippen LogP contribution in [0.5, 0.6) is 0 Å². The molecular formula is C15H25Cl2N5O3. The van der Waals surface area contributed by atoms with Crippen molar-refractivity contribution in [2.45, 2.75) is 31.8 Å². The van der Waals surface area contributed by atoms with E-state index in [4.69, 9.17) is 9.84 Å². The highest BCUT2D eigenvalue weighted by atomic mass is 35.5. The number of carboxylic acids is 1. The van der Waals surface area contributed by atoms with Gasteiger partial charge < -0.3 is 25.4 Å². The number of hydrogen-bond donors (Lipinski definition) is 3. The predicted octanol–water partition coefficient (Wildman–Crippen LogP) is 0.946. The molecule has 3 rings (SSSR count). The standard InChI is InChI=1S/C15H23N5O3.2ClH/c1-2-10-8-13(17-11-7-12(14(21)22)16-9-11)19-15(18-10)20-3-5-23-6-4-20;;/h8,11-12,16H,2-7,9H2,1H3,(H,21,22)(H,17,18,19);2*1H/t11-,12-;;/m0../s1. The number of ether oxygens (including phenoxy) is 1. The van der Waals surface area contributed by atoms with Gasteiger partial charge in [0, 0.05) is 37.4 Å². The number of aromatic nitrogens is 2. The van der Waals surface area contributed by atoms with Crippen LogP contribution in [-0.4, -0.2) is 66.0 Å². The van der Waals surface area contributed by atoms with Crippen molar-refractivity contribution in [3.8, 4) is 0 Å². The van der Waals surface area contributed by atoms with Crippen LogP contribution in [0.3, 0.4) is 0 Å². The van der Waals surface area contributed by atoms with Crippen LogP contribution in [0.4, 0.5) is 11.8 Å². The number of halogens is 2. The fraction of sp³-hybridized carbons (Fsp3) is 0.667. The zero-order chi connectivity index (χ0) is 16.2. The fourth-order valence-electron chi connectivity index (χ4n) is 2.89. The highest BCUT2D eigenvalue weighted by molar-refractivity contribution is 5.85. The Kier molecular flexibility index (Phi) is 8.64. The van der Waals surface area contributed by atoms with Crippen molar-refractivity contribution in [3.63, 3.8) is 0 Å². The van der Waals surface area contributed by atoms with Gasteiger partial charge in [0.25, 0.3) is 0 Å². The minimum atomic E-state index is -0.805. The molecular weight excluding hydrogens is 369 g/mol. The minimum absolute atomic E-state index is 0.